The highest BCUT2D eigenvalue weighted by Gasteiger charge is 2.03. The number of nitrogens with one attached hydrogen (secondary N) is 1. The van der Waals surface area contributed by atoms with Crippen molar-refractivity contribution in [3.8, 4) is 0 Å². The van der Waals surface area contributed by atoms with Crippen LogP contribution in [-0.4, -0.2) is 6.04 Å². The maximum atomic E-state index is 3.47. The second-order valence-corrected chi connectivity index (χ2v) is 6.69. The summed E-state index contributed by atoms with van der Waals surface area (Å²) in [6, 6.07) is 16.0. The minimum Gasteiger partial charge on any atom is -0.310 e. The van der Waals surface area contributed by atoms with Gasteiger partial charge >= 0.3 is 0 Å². The van der Waals surface area contributed by atoms with Gasteiger partial charge in [-0.25, -0.2) is 0 Å². The molecule has 2 heteroatoms. The Morgan fingerprint density at radius 2 is 1.60 bits per heavy atom. The van der Waals surface area contributed by atoms with Crippen molar-refractivity contribution >= 4 is 11.8 Å². The van der Waals surface area contributed by atoms with E-state index in [1.54, 1.807) is 0 Å². The van der Waals surface area contributed by atoms with E-state index < -0.39 is 0 Å². The molecule has 2 aromatic rings. The number of rotatable bonds is 5. The van der Waals surface area contributed by atoms with Crippen LogP contribution in [0, 0.1) is 13.8 Å². The molecular formula is C18H23NS. The van der Waals surface area contributed by atoms with Crippen molar-refractivity contribution in [3.05, 3.63) is 59.2 Å². The van der Waals surface area contributed by atoms with Crippen molar-refractivity contribution in [2.45, 2.75) is 50.1 Å². The summed E-state index contributed by atoms with van der Waals surface area (Å²) in [6.07, 6.45) is 0. The fraction of sp³-hybridized carbons (Fsp3) is 0.333. The first-order valence-corrected chi connectivity index (χ1v) is 7.93. The molecule has 0 bridgehead atoms. The lowest BCUT2D eigenvalue weighted by molar-refractivity contribution is 0.587. The van der Waals surface area contributed by atoms with E-state index in [-0.39, 0.29) is 0 Å². The third kappa shape index (κ3) is 4.39. The molecule has 0 heterocycles. The zero-order valence-electron chi connectivity index (χ0n) is 12.7. The number of hydrogen-bond donors (Lipinski definition) is 1. The van der Waals surface area contributed by atoms with Crippen LogP contribution in [0.1, 0.15) is 30.5 Å². The predicted molar refractivity (Wildman–Crippen MR) is 88.5 cm³/mol. The van der Waals surface area contributed by atoms with Crippen LogP contribution in [0.5, 0.6) is 0 Å². The molecule has 1 N–H and O–H groups in total. The molecule has 0 unspecified atom stereocenters. The molecule has 1 nitrogen and oxygen atoms in total. The smallest absolute Gasteiger partial charge is 0.0210 e. The monoisotopic (exact) mass is 285 g/mol. The molecule has 0 fully saturated rings. The first-order valence-electron chi connectivity index (χ1n) is 7.12. The largest absolute Gasteiger partial charge is 0.310 e. The van der Waals surface area contributed by atoms with Crippen LogP contribution in [0.2, 0.25) is 0 Å². The minimum absolute atomic E-state index is 0.524. The van der Waals surface area contributed by atoms with E-state index in [9.17, 15) is 0 Å². The van der Waals surface area contributed by atoms with Gasteiger partial charge in [0.2, 0.25) is 0 Å². The van der Waals surface area contributed by atoms with Crippen LogP contribution >= 0.6 is 11.8 Å². The van der Waals surface area contributed by atoms with Gasteiger partial charge in [0.1, 0.15) is 0 Å². The fourth-order valence-corrected chi connectivity index (χ4v) is 2.90. The highest BCUT2D eigenvalue weighted by atomic mass is 32.2. The maximum absolute atomic E-state index is 3.47. The van der Waals surface area contributed by atoms with E-state index in [1.807, 2.05) is 11.8 Å². The SMILES string of the molecule is Cc1ccc(Sc2ccc(CNC(C)C)c(C)c2)cc1. The summed E-state index contributed by atoms with van der Waals surface area (Å²) in [6.45, 7) is 9.61. The second kappa shape index (κ2) is 6.96. The lowest BCUT2D eigenvalue weighted by atomic mass is 10.1. The van der Waals surface area contributed by atoms with Gasteiger partial charge in [-0.15, -0.1) is 0 Å². The molecule has 0 atom stereocenters. The summed E-state index contributed by atoms with van der Waals surface area (Å²) in [5.74, 6) is 0. The second-order valence-electron chi connectivity index (χ2n) is 5.54. The van der Waals surface area contributed by atoms with Gasteiger partial charge in [-0.05, 0) is 49.2 Å². The highest BCUT2D eigenvalue weighted by Crippen LogP contribution is 2.29. The van der Waals surface area contributed by atoms with Gasteiger partial charge in [-0.3, -0.25) is 0 Å². The number of hydrogen-bond acceptors (Lipinski definition) is 2. The van der Waals surface area contributed by atoms with E-state index in [2.05, 4.69) is 75.5 Å². The summed E-state index contributed by atoms with van der Waals surface area (Å²) in [5.41, 5.74) is 4.04. The van der Waals surface area contributed by atoms with E-state index >= 15 is 0 Å². The molecular weight excluding hydrogens is 262 g/mol. The molecule has 0 aliphatic carbocycles. The van der Waals surface area contributed by atoms with E-state index in [4.69, 9.17) is 0 Å². The van der Waals surface area contributed by atoms with Crippen LogP contribution in [0.4, 0.5) is 0 Å². The Balaban J connectivity index is 2.06. The highest BCUT2D eigenvalue weighted by molar-refractivity contribution is 7.99. The van der Waals surface area contributed by atoms with Gasteiger partial charge in [-0.2, -0.15) is 0 Å². The van der Waals surface area contributed by atoms with E-state index in [0.29, 0.717) is 6.04 Å². The van der Waals surface area contributed by atoms with Crippen LogP contribution in [0.15, 0.2) is 52.3 Å². The summed E-state index contributed by atoms with van der Waals surface area (Å²) in [5, 5.41) is 3.47. The molecule has 0 radical (unpaired) electrons. The lowest BCUT2D eigenvalue weighted by Crippen LogP contribution is -2.22. The Morgan fingerprint density at radius 3 is 2.20 bits per heavy atom. The number of aryl methyl sites for hydroxylation is 2. The first kappa shape index (κ1) is 15.1. The van der Waals surface area contributed by atoms with E-state index in [0.717, 1.165) is 6.54 Å². The maximum Gasteiger partial charge on any atom is 0.0210 e. The first-order chi connectivity index (χ1) is 9.54. The zero-order valence-corrected chi connectivity index (χ0v) is 13.6. The topological polar surface area (TPSA) is 12.0 Å². The fourth-order valence-electron chi connectivity index (χ4n) is 1.99. The predicted octanol–water partition coefficient (Wildman–Crippen LogP) is 4.95. The van der Waals surface area contributed by atoms with Crippen molar-refractivity contribution in [3.63, 3.8) is 0 Å². The van der Waals surface area contributed by atoms with E-state index in [1.165, 1.54) is 26.5 Å². The number of benzene rings is 2. The quantitative estimate of drug-likeness (QED) is 0.834. The van der Waals surface area contributed by atoms with Crippen molar-refractivity contribution in [1.82, 2.24) is 5.32 Å². The van der Waals surface area contributed by atoms with Gasteiger partial charge in [0.05, 0.1) is 0 Å². The Kier molecular flexibility index (Phi) is 5.27. The molecule has 0 aromatic heterocycles. The van der Waals surface area contributed by atoms with Gasteiger partial charge in [-0.1, -0.05) is 49.4 Å². The molecule has 20 heavy (non-hydrogen) atoms. The van der Waals surface area contributed by atoms with Crippen LogP contribution in [-0.2, 0) is 6.54 Å². The molecule has 2 rings (SSSR count). The average Bonchev–Trinajstić information content (AvgIpc) is 2.40. The van der Waals surface area contributed by atoms with Gasteiger partial charge < -0.3 is 5.32 Å². The van der Waals surface area contributed by atoms with Crippen LogP contribution in [0.3, 0.4) is 0 Å². The van der Waals surface area contributed by atoms with Gasteiger partial charge in [0.15, 0.2) is 0 Å². The molecule has 0 amide bonds. The van der Waals surface area contributed by atoms with Gasteiger partial charge in [0, 0.05) is 22.4 Å². The summed E-state index contributed by atoms with van der Waals surface area (Å²) < 4.78 is 0. The molecule has 0 aliphatic heterocycles. The molecule has 0 saturated heterocycles. The lowest BCUT2D eigenvalue weighted by Gasteiger charge is -2.12. The molecule has 2 aromatic carbocycles. The Labute approximate surface area is 126 Å². The molecule has 0 saturated carbocycles. The normalized spacial score (nSPS) is 11.1. The van der Waals surface area contributed by atoms with Crippen molar-refractivity contribution in [2.75, 3.05) is 0 Å². The third-order valence-electron chi connectivity index (χ3n) is 3.27. The molecule has 0 spiro atoms. The van der Waals surface area contributed by atoms with Crippen LogP contribution < -0.4 is 5.32 Å². The molecule has 0 aliphatic rings. The summed E-state index contributed by atoms with van der Waals surface area (Å²) in [4.78, 5) is 2.60. The van der Waals surface area contributed by atoms with Crippen molar-refractivity contribution in [1.29, 1.82) is 0 Å². The summed E-state index contributed by atoms with van der Waals surface area (Å²) >= 11 is 1.82. The average molecular weight is 285 g/mol. The van der Waals surface area contributed by atoms with Gasteiger partial charge in [0.25, 0.3) is 0 Å². The van der Waals surface area contributed by atoms with Crippen molar-refractivity contribution < 1.29 is 0 Å². The summed E-state index contributed by atoms with van der Waals surface area (Å²) in [7, 11) is 0. The van der Waals surface area contributed by atoms with Crippen LogP contribution in [0.25, 0.3) is 0 Å². The molecule has 106 valence electrons. The third-order valence-corrected chi connectivity index (χ3v) is 4.27. The Morgan fingerprint density at radius 1 is 0.950 bits per heavy atom. The Hall–Kier alpha value is -1.25. The zero-order chi connectivity index (χ0) is 14.5. The Bertz CT molecular complexity index is 558. The minimum atomic E-state index is 0.524. The standard InChI is InChI=1S/C18H23NS/c1-13(2)19-12-16-7-10-18(11-15(16)4)20-17-8-5-14(3)6-9-17/h5-11,13,19H,12H2,1-4H3. The van der Waals surface area contributed by atoms with Crippen molar-refractivity contribution in [2.24, 2.45) is 0 Å².